The lowest BCUT2D eigenvalue weighted by Gasteiger charge is -2.47. The first-order valence-corrected chi connectivity index (χ1v) is 7.13. The van der Waals surface area contributed by atoms with Crippen molar-refractivity contribution in [3.05, 3.63) is 0 Å². The van der Waals surface area contributed by atoms with Gasteiger partial charge in [0.2, 0.25) is 0 Å². The topological polar surface area (TPSA) is 58.6 Å². The van der Waals surface area contributed by atoms with Crippen molar-refractivity contribution in [3.8, 4) is 0 Å². The quantitative estimate of drug-likeness (QED) is 0.790. The van der Waals surface area contributed by atoms with Crippen molar-refractivity contribution in [2.24, 2.45) is 5.92 Å². The van der Waals surface area contributed by atoms with Gasteiger partial charge >= 0.3 is 5.97 Å². The van der Waals surface area contributed by atoms with Gasteiger partial charge in [0.1, 0.15) is 6.04 Å². The smallest absolute Gasteiger partial charge is 0.320 e. The van der Waals surface area contributed by atoms with E-state index in [-0.39, 0.29) is 5.60 Å². The van der Waals surface area contributed by atoms with Gasteiger partial charge in [-0.1, -0.05) is 13.8 Å². The predicted molar refractivity (Wildman–Crippen MR) is 69.6 cm³/mol. The Morgan fingerprint density at radius 3 is 2.72 bits per heavy atom. The largest absolute Gasteiger partial charge is 0.480 e. The van der Waals surface area contributed by atoms with Gasteiger partial charge in [-0.15, -0.1) is 0 Å². The van der Waals surface area contributed by atoms with Crippen LogP contribution in [0.1, 0.15) is 52.4 Å². The van der Waals surface area contributed by atoms with Crippen molar-refractivity contribution in [1.29, 1.82) is 0 Å². The summed E-state index contributed by atoms with van der Waals surface area (Å²) in [6, 6.07) is -0.107. The summed E-state index contributed by atoms with van der Waals surface area (Å²) >= 11 is 0. The molecular weight excluding hydrogens is 230 g/mol. The molecule has 1 aliphatic heterocycles. The summed E-state index contributed by atoms with van der Waals surface area (Å²) < 4.78 is 5.87. The van der Waals surface area contributed by atoms with E-state index in [9.17, 15) is 9.90 Å². The second-order valence-corrected chi connectivity index (χ2v) is 6.26. The van der Waals surface area contributed by atoms with E-state index in [0.29, 0.717) is 18.4 Å². The van der Waals surface area contributed by atoms with Crippen LogP contribution in [0.4, 0.5) is 0 Å². The Bertz CT molecular complexity index is 299. The van der Waals surface area contributed by atoms with Crippen LogP contribution in [0.25, 0.3) is 0 Å². The molecule has 1 aliphatic carbocycles. The molecule has 4 heteroatoms. The second-order valence-electron chi connectivity index (χ2n) is 6.26. The van der Waals surface area contributed by atoms with E-state index in [1.54, 1.807) is 0 Å². The molecule has 0 bridgehead atoms. The maximum atomic E-state index is 11.3. The Hall–Kier alpha value is -0.610. The van der Waals surface area contributed by atoms with E-state index in [1.807, 2.05) is 0 Å². The van der Waals surface area contributed by atoms with E-state index in [0.717, 1.165) is 32.3 Å². The summed E-state index contributed by atoms with van der Waals surface area (Å²) in [7, 11) is 0. The van der Waals surface area contributed by atoms with Crippen LogP contribution in [0.5, 0.6) is 0 Å². The fourth-order valence-corrected chi connectivity index (χ4v) is 3.09. The van der Waals surface area contributed by atoms with E-state index >= 15 is 0 Å². The molecule has 0 aromatic carbocycles. The molecule has 0 radical (unpaired) electrons. The van der Waals surface area contributed by atoms with Crippen molar-refractivity contribution in [2.75, 3.05) is 6.61 Å². The third-order valence-electron chi connectivity index (χ3n) is 4.20. The molecule has 2 aliphatic rings. The van der Waals surface area contributed by atoms with E-state index in [1.165, 1.54) is 6.42 Å². The lowest BCUT2D eigenvalue weighted by molar-refractivity contribution is -0.146. The average Bonchev–Trinajstić information content (AvgIpc) is 2.26. The van der Waals surface area contributed by atoms with Crippen molar-refractivity contribution in [3.63, 3.8) is 0 Å². The van der Waals surface area contributed by atoms with Gasteiger partial charge in [0.05, 0.1) is 5.60 Å². The minimum absolute atomic E-state index is 0.0802. The van der Waals surface area contributed by atoms with Crippen LogP contribution in [0.2, 0.25) is 0 Å². The average molecular weight is 255 g/mol. The summed E-state index contributed by atoms with van der Waals surface area (Å²) in [6.45, 7) is 4.90. The molecule has 104 valence electrons. The zero-order chi connectivity index (χ0) is 13.2. The first-order valence-electron chi connectivity index (χ1n) is 7.13. The Morgan fingerprint density at radius 1 is 1.50 bits per heavy atom. The Morgan fingerprint density at radius 2 is 2.22 bits per heavy atom. The minimum atomic E-state index is -0.724. The molecular formula is C14H25NO3. The molecule has 2 rings (SSSR count). The number of aliphatic carboxylic acids is 1. The fourth-order valence-electron chi connectivity index (χ4n) is 3.09. The van der Waals surface area contributed by atoms with Crippen molar-refractivity contribution in [2.45, 2.75) is 70.1 Å². The highest BCUT2D eigenvalue weighted by molar-refractivity contribution is 5.73. The Labute approximate surface area is 109 Å². The maximum absolute atomic E-state index is 11.3. The molecule has 2 unspecified atom stereocenters. The molecule has 0 aromatic heterocycles. The van der Waals surface area contributed by atoms with Gasteiger partial charge in [-0.3, -0.25) is 4.79 Å². The molecule has 1 spiro atoms. The summed E-state index contributed by atoms with van der Waals surface area (Å²) in [5.74, 6) is -0.325. The molecule has 0 aromatic rings. The highest BCUT2D eigenvalue weighted by Gasteiger charge is 2.43. The summed E-state index contributed by atoms with van der Waals surface area (Å²) in [4.78, 5) is 11.3. The number of carboxylic acid groups (broad SMARTS) is 1. The van der Waals surface area contributed by atoms with Gasteiger partial charge in [-0.05, 0) is 44.4 Å². The molecule has 0 amide bonds. The molecule has 2 atom stereocenters. The number of rotatable bonds is 5. The van der Waals surface area contributed by atoms with Crippen LogP contribution >= 0.6 is 0 Å². The summed E-state index contributed by atoms with van der Waals surface area (Å²) in [5, 5.41) is 12.6. The van der Waals surface area contributed by atoms with Crippen LogP contribution in [-0.2, 0) is 9.53 Å². The first kappa shape index (κ1) is 13.8. The molecule has 18 heavy (non-hydrogen) atoms. The lowest BCUT2D eigenvalue weighted by Crippen LogP contribution is -2.54. The molecule has 2 fully saturated rings. The van der Waals surface area contributed by atoms with E-state index in [4.69, 9.17) is 4.74 Å². The second kappa shape index (κ2) is 5.57. The molecule has 4 nitrogen and oxygen atoms in total. The van der Waals surface area contributed by atoms with Crippen LogP contribution in [-0.4, -0.2) is 35.4 Å². The SMILES string of the molecule is CC(C)CC(NC1CCOC2(CCC2)C1)C(=O)O. The fraction of sp³-hybridized carbons (Fsp3) is 0.929. The Kier molecular flexibility index (Phi) is 4.28. The number of hydrogen-bond donors (Lipinski definition) is 2. The molecule has 1 saturated carbocycles. The standard InChI is InChI=1S/C14H25NO3/c1-10(2)8-12(13(16)17)15-11-4-7-18-14(9-11)5-3-6-14/h10-12,15H,3-9H2,1-2H3,(H,16,17). The first-order chi connectivity index (χ1) is 8.51. The van der Waals surface area contributed by atoms with Crippen LogP contribution < -0.4 is 5.32 Å². The van der Waals surface area contributed by atoms with Crippen molar-refractivity contribution >= 4 is 5.97 Å². The zero-order valence-electron chi connectivity index (χ0n) is 11.4. The number of hydrogen-bond acceptors (Lipinski definition) is 3. The summed E-state index contributed by atoms with van der Waals surface area (Å²) in [5.41, 5.74) is 0.0802. The number of nitrogens with one attached hydrogen (secondary N) is 1. The molecule has 1 saturated heterocycles. The van der Waals surface area contributed by atoms with Gasteiger partial charge in [-0.25, -0.2) is 0 Å². The number of carboxylic acids is 1. The zero-order valence-corrected chi connectivity index (χ0v) is 11.4. The minimum Gasteiger partial charge on any atom is -0.480 e. The van der Waals surface area contributed by atoms with E-state index < -0.39 is 12.0 Å². The van der Waals surface area contributed by atoms with Crippen molar-refractivity contribution in [1.82, 2.24) is 5.32 Å². The van der Waals surface area contributed by atoms with Gasteiger partial charge in [0.15, 0.2) is 0 Å². The predicted octanol–water partition coefficient (Wildman–Crippen LogP) is 2.18. The monoisotopic (exact) mass is 255 g/mol. The van der Waals surface area contributed by atoms with Gasteiger partial charge in [0, 0.05) is 12.6 Å². The third-order valence-corrected chi connectivity index (χ3v) is 4.20. The van der Waals surface area contributed by atoms with Crippen LogP contribution in [0, 0.1) is 5.92 Å². The van der Waals surface area contributed by atoms with Gasteiger partial charge < -0.3 is 15.2 Å². The van der Waals surface area contributed by atoms with Crippen molar-refractivity contribution < 1.29 is 14.6 Å². The lowest BCUT2D eigenvalue weighted by atomic mass is 9.74. The van der Waals surface area contributed by atoms with Gasteiger partial charge in [-0.2, -0.15) is 0 Å². The van der Waals surface area contributed by atoms with Gasteiger partial charge in [0.25, 0.3) is 0 Å². The molecule has 1 heterocycles. The summed E-state index contributed by atoms with van der Waals surface area (Å²) in [6.07, 6.45) is 6.15. The normalized spacial score (nSPS) is 28.1. The van der Waals surface area contributed by atoms with Crippen LogP contribution in [0.15, 0.2) is 0 Å². The van der Waals surface area contributed by atoms with E-state index in [2.05, 4.69) is 19.2 Å². The third kappa shape index (κ3) is 3.23. The molecule has 2 N–H and O–H groups in total. The maximum Gasteiger partial charge on any atom is 0.320 e. The highest BCUT2D eigenvalue weighted by Crippen LogP contribution is 2.42. The number of carbonyl (C=O) groups is 1. The highest BCUT2D eigenvalue weighted by atomic mass is 16.5. The Balaban J connectivity index is 1.88. The van der Waals surface area contributed by atoms with Crippen LogP contribution in [0.3, 0.4) is 0 Å². The number of ether oxygens (including phenoxy) is 1.